The second kappa shape index (κ2) is 8.10. The van der Waals surface area contributed by atoms with Gasteiger partial charge in [0.2, 0.25) is 5.91 Å². The second-order valence-electron chi connectivity index (χ2n) is 4.62. The van der Waals surface area contributed by atoms with E-state index in [-0.39, 0.29) is 5.91 Å². The number of aryl methyl sites for hydroxylation is 1. The van der Waals surface area contributed by atoms with Crippen LogP contribution >= 0.6 is 23.5 Å². The van der Waals surface area contributed by atoms with Crippen molar-refractivity contribution in [2.45, 2.75) is 17.7 Å². The molecule has 1 aromatic carbocycles. The van der Waals surface area contributed by atoms with Gasteiger partial charge < -0.3 is 5.32 Å². The number of carbonyl (C=O) groups excluding carboxylic acids is 1. The van der Waals surface area contributed by atoms with Gasteiger partial charge in [-0.2, -0.15) is 0 Å². The smallest absolute Gasteiger partial charge is 0.234 e. The van der Waals surface area contributed by atoms with Crippen molar-refractivity contribution in [2.75, 3.05) is 17.3 Å². The molecule has 1 heterocycles. The number of hydrogen-bond acceptors (Lipinski definition) is 4. The van der Waals surface area contributed by atoms with Gasteiger partial charge in [0.25, 0.3) is 0 Å². The summed E-state index contributed by atoms with van der Waals surface area (Å²) in [6.45, 7) is 2.08. The Morgan fingerprint density at radius 2 is 2.14 bits per heavy atom. The Morgan fingerprint density at radius 1 is 1.29 bits per heavy atom. The molecule has 0 spiro atoms. The maximum atomic E-state index is 11.9. The zero-order chi connectivity index (χ0) is 15.1. The average molecular weight is 318 g/mol. The summed E-state index contributed by atoms with van der Waals surface area (Å²) in [6.07, 6.45) is 3.66. The summed E-state index contributed by atoms with van der Waals surface area (Å²) < 4.78 is 0. The van der Waals surface area contributed by atoms with E-state index in [2.05, 4.69) is 35.4 Å². The van der Waals surface area contributed by atoms with E-state index in [9.17, 15) is 4.79 Å². The highest BCUT2D eigenvalue weighted by Gasteiger charge is 2.04. The van der Waals surface area contributed by atoms with Crippen molar-refractivity contribution in [1.82, 2.24) is 4.98 Å². The van der Waals surface area contributed by atoms with Crippen LogP contribution in [-0.4, -0.2) is 22.9 Å². The molecule has 0 aliphatic carbocycles. The highest BCUT2D eigenvalue weighted by atomic mass is 32.2. The van der Waals surface area contributed by atoms with Crippen molar-refractivity contribution in [3.05, 3.63) is 53.7 Å². The number of anilines is 1. The van der Waals surface area contributed by atoms with Gasteiger partial charge in [-0.1, -0.05) is 29.8 Å². The van der Waals surface area contributed by atoms with Gasteiger partial charge in [-0.25, -0.2) is 4.98 Å². The number of pyridine rings is 1. The van der Waals surface area contributed by atoms with Gasteiger partial charge in [0.15, 0.2) is 0 Å². The van der Waals surface area contributed by atoms with Crippen LogP contribution in [-0.2, 0) is 10.5 Å². The summed E-state index contributed by atoms with van der Waals surface area (Å²) in [5, 5.41) is 3.81. The number of aromatic nitrogens is 1. The number of benzene rings is 1. The lowest BCUT2D eigenvalue weighted by Crippen LogP contribution is -2.14. The lowest BCUT2D eigenvalue weighted by Gasteiger charge is -2.06. The van der Waals surface area contributed by atoms with Crippen LogP contribution < -0.4 is 5.32 Å². The van der Waals surface area contributed by atoms with Gasteiger partial charge in [-0.15, -0.1) is 23.5 Å². The minimum atomic E-state index is 0.00588. The Kier molecular flexibility index (Phi) is 6.14. The summed E-state index contributed by atoms with van der Waals surface area (Å²) in [5.74, 6) is 1.29. The fraction of sp³-hybridized carbons (Fsp3) is 0.250. The van der Waals surface area contributed by atoms with Crippen LogP contribution in [0, 0.1) is 6.92 Å². The largest absolute Gasteiger partial charge is 0.324 e. The van der Waals surface area contributed by atoms with Crippen LogP contribution in [0.3, 0.4) is 0 Å². The quantitative estimate of drug-likeness (QED) is 0.818. The van der Waals surface area contributed by atoms with Crippen LogP contribution in [0.2, 0.25) is 0 Å². The van der Waals surface area contributed by atoms with E-state index >= 15 is 0 Å². The van der Waals surface area contributed by atoms with Gasteiger partial charge in [0, 0.05) is 5.75 Å². The monoisotopic (exact) mass is 318 g/mol. The molecule has 0 saturated carbocycles. The SMILES string of the molecule is CSc1ccc(NC(=O)CSCc2cccc(C)c2)cn1. The summed E-state index contributed by atoms with van der Waals surface area (Å²) >= 11 is 3.19. The van der Waals surface area contributed by atoms with E-state index in [0.717, 1.165) is 16.5 Å². The molecule has 21 heavy (non-hydrogen) atoms. The second-order valence-corrected chi connectivity index (χ2v) is 6.43. The highest BCUT2D eigenvalue weighted by molar-refractivity contribution is 7.99. The molecule has 0 aliphatic rings. The number of thioether (sulfide) groups is 2. The first-order chi connectivity index (χ1) is 10.2. The van der Waals surface area contributed by atoms with Crippen LogP contribution in [0.15, 0.2) is 47.6 Å². The molecular formula is C16H18N2OS2. The van der Waals surface area contributed by atoms with Crippen molar-refractivity contribution in [3.8, 4) is 0 Å². The third-order valence-corrected chi connectivity index (χ3v) is 4.48. The Morgan fingerprint density at radius 3 is 2.81 bits per heavy atom. The van der Waals surface area contributed by atoms with Gasteiger partial charge in [-0.3, -0.25) is 4.79 Å². The maximum absolute atomic E-state index is 11.9. The van der Waals surface area contributed by atoms with Gasteiger partial charge in [-0.05, 0) is 30.9 Å². The summed E-state index contributed by atoms with van der Waals surface area (Å²) in [4.78, 5) is 16.1. The van der Waals surface area contributed by atoms with Gasteiger partial charge >= 0.3 is 0 Å². The molecular weight excluding hydrogens is 300 g/mol. The lowest BCUT2D eigenvalue weighted by molar-refractivity contribution is -0.113. The zero-order valence-electron chi connectivity index (χ0n) is 12.1. The maximum Gasteiger partial charge on any atom is 0.234 e. The fourth-order valence-corrected chi connectivity index (χ4v) is 2.97. The number of hydrogen-bond donors (Lipinski definition) is 1. The van der Waals surface area contributed by atoms with E-state index < -0.39 is 0 Å². The van der Waals surface area contributed by atoms with Crippen LogP contribution in [0.4, 0.5) is 5.69 Å². The van der Waals surface area contributed by atoms with Crippen LogP contribution in [0.5, 0.6) is 0 Å². The minimum Gasteiger partial charge on any atom is -0.324 e. The molecule has 0 aliphatic heterocycles. The van der Waals surface area contributed by atoms with Crippen molar-refractivity contribution >= 4 is 35.1 Å². The summed E-state index contributed by atoms with van der Waals surface area (Å²) in [5.41, 5.74) is 3.24. The van der Waals surface area contributed by atoms with E-state index in [1.807, 2.05) is 24.5 Å². The van der Waals surface area contributed by atoms with Crippen LogP contribution in [0.1, 0.15) is 11.1 Å². The first kappa shape index (κ1) is 15.9. The minimum absolute atomic E-state index is 0.00588. The lowest BCUT2D eigenvalue weighted by atomic mass is 10.2. The third kappa shape index (κ3) is 5.44. The normalized spacial score (nSPS) is 10.4. The molecule has 1 N–H and O–H groups in total. The standard InChI is InChI=1S/C16H18N2OS2/c1-12-4-3-5-13(8-12)10-21-11-15(19)18-14-6-7-16(20-2)17-9-14/h3-9H,10-11H2,1-2H3,(H,18,19). The average Bonchev–Trinajstić information content (AvgIpc) is 2.48. The molecule has 5 heteroatoms. The molecule has 110 valence electrons. The van der Waals surface area contributed by atoms with Crippen LogP contribution in [0.25, 0.3) is 0 Å². The topological polar surface area (TPSA) is 42.0 Å². The molecule has 1 aromatic heterocycles. The Hall–Kier alpha value is -1.46. The Labute approximate surface area is 133 Å². The molecule has 0 fully saturated rings. The number of rotatable bonds is 6. The Bertz CT molecular complexity index is 599. The first-order valence-electron chi connectivity index (χ1n) is 6.60. The molecule has 0 saturated heterocycles. The molecule has 2 rings (SSSR count). The summed E-state index contributed by atoms with van der Waals surface area (Å²) in [7, 11) is 0. The summed E-state index contributed by atoms with van der Waals surface area (Å²) in [6, 6.07) is 12.1. The Balaban J connectivity index is 1.76. The third-order valence-electron chi connectivity index (χ3n) is 2.81. The first-order valence-corrected chi connectivity index (χ1v) is 8.98. The fourth-order valence-electron chi connectivity index (χ4n) is 1.84. The molecule has 0 bridgehead atoms. The van der Waals surface area contributed by atoms with E-state index in [1.165, 1.54) is 11.1 Å². The predicted octanol–water partition coefficient (Wildman–Crippen LogP) is 3.98. The molecule has 0 radical (unpaired) electrons. The van der Waals surface area contributed by atoms with Crippen molar-refractivity contribution in [1.29, 1.82) is 0 Å². The van der Waals surface area contributed by atoms with E-state index in [0.29, 0.717) is 5.75 Å². The van der Waals surface area contributed by atoms with E-state index in [1.54, 1.807) is 29.7 Å². The molecule has 1 amide bonds. The molecule has 0 atom stereocenters. The van der Waals surface area contributed by atoms with Crippen molar-refractivity contribution in [2.24, 2.45) is 0 Å². The molecule has 2 aromatic rings. The molecule has 0 unspecified atom stereocenters. The zero-order valence-corrected chi connectivity index (χ0v) is 13.8. The number of nitrogens with zero attached hydrogens (tertiary/aromatic N) is 1. The number of amides is 1. The number of carbonyl (C=O) groups is 1. The highest BCUT2D eigenvalue weighted by Crippen LogP contribution is 2.16. The van der Waals surface area contributed by atoms with Crippen molar-refractivity contribution < 1.29 is 4.79 Å². The predicted molar refractivity (Wildman–Crippen MR) is 92.0 cm³/mol. The van der Waals surface area contributed by atoms with Crippen molar-refractivity contribution in [3.63, 3.8) is 0 Å². The van der Waals surface area contributed by atoms with Gasteiger partial charge in [0.1, 0.15) is 0 Å². The van der Waals surface area contributed by atoms with Gasteiger partial charge in [0.05, 0.1) is 22.7 Å². The van der Waals surface area contributed by atoms with E-state index in [4.69, 9.17) is 0 Å². The molecule has 3 nitrogen and oxygen atoms in total. The number of nitrogens with one attached hydrogen (secondary N) is 1.